The molecule has 1 heterocycles. The van der Waals surface area contributed by atoms with Crippen molar-refractivity contribution in [3.63, 3.8) is 0 Å². The van der Waals surface area contributed by atoms with E-state index < -0.39 is 0 Å². The Morgan fingerprint density at radius 3 is 2.69 bits per heavy atom. The molecule has 1 aliphatic rings. The van der Waals surface area contributed by atoms with E-state index in [0.717, 1.165) is 5.69 Å². The Morgan fingerprint density at radius 1 is 1.46 bits per heavy atom. The molecule has 4 heteroatoms. The van der Waals surface area contributed by atoms with Crippen molar-refractivity contribution in [2.45, 2.75) is 18.9 Å². The minimum absolute atomic E-state index is 0.0234. The van der Waals surface area contributed by atoms with Crippen LogP contribution >= 0.6 is 23.2 Å². The molecule has 2 rings (SSSR count). The van der Waals surface area contributed by atoms with Gasteiger partial charge in [-0.05, 0) is 24.8 Å². The van der Waals surface area contributed by atoms with Crippen LogP contribution in [0.3, 0.4) is 0 Å². The van der Waals surface area contributed by atoms with Crippen molar-refractivity contribution in [3.8, 4) is 0 Å². The molecule has 70 valence electrons. The zero-order valence-electron chi connectivity index (χ0n) is 7.00. The van der Waals surface area contributed by atoms with E-state index in [0.29, 0.717) is 16.0 Å². The van der Waals surface area contributed by atoms with Crippen molar-refractivity contribution in [2.24, 2.45) is 11.7 Å². The van der Waals surface area contributed by atoms with Gasteiger partial charge in [0.15, 0.2) is 0 Å². The van der Waals surface area contributed by atoms with E-state index in [4.69, 9.17) is 28.9 Å². The van der Waals surface area contributed by atoms with Crippen LogP contribution in [0.5, 0.6) is 0 Å². The Labute approximate surface area is 87.1 Å². The van der Waals surface area contributed by atoms with E-state index in [-0.39, 0.29) is 6.04 Å². The second-order valence-electron chi connectivity index (χ2n) is 3.38. The summed E-state index contributed by atoms with van der Waals surface area (Å²) in [6.45, 7) is 0. The van der Waals surface area contributed by atoms with Gasteiger partial charge >= 0.3 is 0 Å². The summed E-state index contributed by atoms with van der Waals surface area (Å²) in [5, 5.41) is 1.13. The highest BCUT2D eigenvalue weighted by molar-refractivity contribution is 6.34. The third-order valence-corrected chi connectivity index (χ3v) is 2.79. The first kappa shape index (κ1) is 9.25. The molecule has 1 fully saturated rings. The molecule has 0 aliphatic heterocycles. The standard InChI is InChI=1S/C9H10Cl2N2/c10-6-3-7(11)9(13-4-6)8(12)5-1-2-5/h3-5,8H,1-2,12H2/t8-/m1/s1. The molecule has 0 amide bonds. The third kappa shape index (κ3) is 1.96. The number of rotatable bonds is 2. The average Bonchev–Trinajstić information content (AvgIpc) is 2.85. The molecule has 1 aliphatic carbocycles. The summed E-state index contributed by atoms with van der Waals surface area (Å²) in [5.74, 6) is 0.561. The minimum Gasteiger partial charge on any atom is -0.322 e. The van der Waals surface area contributed by atoms with Gasteiger partial charge in [-0.2, -0.15) is 0 Å². The summed E-state index contributed by atoms with van der Waals surface area (Å²) in [6.07, 6.45) is 3.95. The van der Waals surface area contributed by atoms with Crippen molar-refractivity contribution in [2.75, 3.05) is 0 Å². The van der Waals surface area contributed by atoms with Crippen LogP contribution < -0.4 is 5.73 Å². The topological polar surface area (TPSA) is 38.9 Å². The van der Waals surface area contributed by atoms with Gasteiger partial charge in [0.25, 0.3) is 0 Å². The maximum atomic E-state index is 5.97. The number of hydrogen-bond acceptors (Lipinski definition) is 2. The fourth-order valence-electron chi connectivity index (χ4n) is 1.35. The maximum Gasteiger partial charge on any atom is 0.0760 e. The summed E-state index contributed by atoms with van der Waals surface area (Å²) in [5.41, 5.74) is 6.73. The Bertz CT molecular complexity index is 323. The number of halogens is 2. The van der Waals surface area contributed by atoms with Crippen LogP contribution in [0.15, 0.2) is 12.3 Å². The fourth-order valence-corrected chi connectivity index (χ4v) is 1.86. The normalized spacial score (nSPS) is 18.7. The van der Waals surface area contributed by atoms with Crippen LogP contribution in [0.2, 0.25) is 10.0 Å². The highest BCUT2D eigenvalue weighted by Crippen LogP contribution is 2.40. The highest BCUT2D eigenvalue weighted by atomic mass is 35.5. The molecule has 0 bridgehead atoms. The zero-order chi connectivity index (χ0) is 9.42. The monoisotopic (exact) mass is 216 g/mol. The van der Waals surface area contributed by atoms with Gasteiger partial charge in [0.2, 0.25) is 0 Å². The molecule has 0 aromatic carbocycles. The number of pyridine rings is 1. The largest absolute Gasteiger partial charge is 0.322 e. The molecule has 1 aromatic rings. The lowest BCUT2D eigenvalue weighted by molar-refractivity contribution is 0.615. The van der Waals surface area contributed by atoms with Crippen LogP contribution in [-0.4, -0.2) is 4.98 Å². The molecule has 0 spiro atoms. The van der Waals surface area contributed by atoms with E-state index >= 15 is 0 Å². The molecule has 13 heavy (non-hydrogen) atoms. The van der Waals surface area contributed by atoms with Crippen LogP contribution in [0.4, 0.5) is 0 Å². The van der Waals surface area contributed by atoms with Gasteiger partial charge in [0.1, 0.15) is 0 Å². The molecule has 0 radical (unpaired) electrons. The molecule has 1 saturated carbocycles. The van der Waals surface area contributed by atoms with Gasteiger partial charge in [0, 0.05) is 6.20 Å². The summed E-state index contributed by atoms with van der Waals surface area (Å²) < 4.78 is 0. The molecule has 2 N–H and O–H groups in total. The smallest absolute Gasteiger partial charge is 0.0760 e. The number of hydrogen-bond donors (Lipinski definition) is 1. The summed E-state index contributed by atoms with van der Waals surface area (Å²) in [7, 11) is 0. The van der Waals surface area contributed by atoms with E-state index in [9.17, 15) is 0 Å². The van der Waals surface area contributed by atoms with Crippen LogP contribution in [0.25, 0.3) is 0 Å². The molecular weight excluding hydrogens is 207 g/mol. The first-order chi connectivity index (χ1) is 6.18. The molecular formula is C9H10Cl2N2. The van der Waals surface area contributed by atoms with Crippen molar-refractivity contribution in [3.05, 3.63) is 28.0 Å². The quantitative estimate of drug-likeness (QED) is 0.827. The lowest BCUT2D eigenvalue weighted by Gasteiger charge is -2.10. The second kappa shape index (κ2) is 3.45. The van der Waals surface area contributed by atoms with Gasteiger partial charge in [-0.1, -0.05) is 23.2 Å². The van der Waals surface area contributed by atoms with Crippen molar-refractivity contribution in [1.82, 2.24) is 4.98 Å². The van der Waals surface area contributed by atoms with Gasteiger partial charge in [-0.25, -0.2) is 0 Å². The first-order valence-electron chi connectivity index (χ1n) is 4.25. The fraction of sp³-hybridized carbons (Fsp3) is 0.444. The van der Waals surface area contributed by atoms with Crippen LogP contribution in [0, 0.1) is 5.92 Å². The predicted octanol–water partition coefficient (Wildman–Crippen LogP) is 2.80. The van der Waals surface area contributed by atoms with Crippen molar-refractivity contribution < 1.29 is 0 Å². The highest BCUT2D eigenvalue weighted by Gasteiger charge is 2.31. The van der Waals surface area contributed by atoms with Gasteiger partial charge in [-0.3, -0.25) is 4.98 Å². The number of nitrogens with zero attached hydrogens (tertiary/aromatic N) is 1. The molecule has 1 aromatic heterocycles. The van der Waals surface area contributed by atoms with Gasteiger partial charge in [-0.15, -0.1) is 0 Å². The average molecular weight is 217 g/mol. The summed E-state index contributed by atoms with van der Waals surface area (Å²) >= 11 is 11.7. The summed E-state index contributed by atoms with van der Waals surface area (Å²) in [4.78, 5) is 4.15. The Hall–Kier alpha value is -0.310. The first-order valence-corrected chi connectivity index (χ1v) is 5.00. The van der Waals surface area contributed by atoms with Crippen molar-refractivity contribution >= 4 is 23.2 Å². The van der Waals surface area contributed by atoms with E-state index in [1.807, 2.05) is 0 Å². The lowest BCUT2D eigenvalue weighted by atomic mass is 10.1. The maximum absolute atomic E-state index is 5.97. The Morgan fingerprint density at radius 2 is 2.15 bits per heavy atom. The lowest BCUT2D eigenvalue weighted by Crippen LogP contribution is -2.14. The summed E-state index contributed by atoms with van der Waals surface area (Å²) in [6, 6.07) is 1.66. The minimum atomic E-state index is -0.0234. The SMILES string of the molecule is N[C@@H](c1ncc(Cl)cc1Cl)C1CC1. The third-order valence-electron chi connectivity index (χ3n) is 2.28. The van der Waals surface area contributed by atoms with E-state index in [2.05, 4.69) is 4.98 Å². The van der Waals surface area contributed by atoms with Gasteiger partial charge < -0.3 is 5.73 Å². The van der Waals surface area contributed by atoms with E-state index in [1.165, 1.54) is 12.8 Å². The Balaban J connectivity index is 2.28. The van der Waals surface area contributed by atoms with Crippen LogP contribution in [0.1, 0.15) is 24.6 Å². The van der Waals surface area contributed by atoms with E-state index in [1.54, 1.807) is 12.3 Å². The Kier molecular flexibility index (Phi) is 2.45. The second-order valence-corrected chi connectivity index (χ2v) is 4.23. The molecule has 0 unspecified atom stereocenters. The van der Waals surface area contributed by atoms with Crippen LogP contribution in [-0.2, 0) is 0 Å². The van der Waals surface area contributed by atoms with Gasteiger partial charge in [0.05, 0.1) is 21.8 Å². The van der Waals surface area contributed by atoms with Crippen molar-refractivity contribution in [1.29, 1.82) is 0 Å². The number of aromatic nitrogens is 1. The molecule has 2 nitrogen and oxygen atoms in total. The molecule has 1 atom stereocenters. The zero-order valence-corrected chi connectivity index (χ0v) is 8.52. The number of nitrogens with two attached hydrogens (primary N) is 1. The molecule has 0 saturated heterocycles. The predicted molar refractivity (Wildman–Crippen MR) is 53.9 cm³/mol.